The average molecular weight is 850 g/mol. The Balaban J connectivity index is 0.00000157. The van der Waals surface area contributed by atoms with Gasteiger partial charge in [-0.3, -0.25) is 0 Å². The molecule has 0 aromatic heterocycles. The number of unbranched alkanes of at least 4 members (excludes halogenated alkanes) is 18. The molecule has 0 aliphatic carbocycles. The zero-order valence-electron chi connectivity index (χ0n) is 39.9. The van der Waals surface area contributed by atoms with Crippen molar-refractivity contribution in [3.63, 3.8) is 0 Å². The Bertz CT molecular complexity index is 1530. The summed E-state index contributed by atoms with van der Waals surface area (Å²) in [5.41, 5.74) is 28.0. The summed E-state index contributed by atoms with van der Waals surface area (Å²) in [6, 6.07) is 9.47. The van der Waals surface area contributed by atoms with E-state index in [1.165, 1.54) is 184 Å². The molecule has 59 heavy (non-hydrogen) atoms. The molecule has 1 aliphatic rings. The van der Waals surface area contributed by atoms with Crippen LogP contribution < -0.4 is 0 Å². The quantitative estimate of drug-likeness (QED) is 0.0303. The first-order valence-corrected chi connectivity index (χ1v) is 25.9. The molecule has 1 heterocycles. The molecule has 0 unspecified atom stereocenters. The molecule has 0 saturated heterocycles. The fourth-order valence-electron chi connectivity index (χ4n) is 8.93. The number of hydrogen-bond acceptors (Lipinski definition) is 0. The smallest absolute Gasteiger partial charge is 0.211 e. The van der Waals surface area contributed by atoms with E-state index in [0.717, 1.165) is 60.7 Å². The number of allylic oxidation sites excluding steroid dienone is 4. The minimum atomic E-state index is 1.02. The second kappa shape index (κ2) is 32.2. The first kappa shape index (κ1) is 52.6. The van der Waals surface area contributed by atoms with Gasteiger partial charge in [-0.15, -0.1) is 0 Å². The van der Waals surface area contributed by atoms with Gasteiger partial charge in [-0.25, -0.2) is 4.70 Å². The largest absolute Gasteiger partial charge is 0.493 e. The van der Waals surface area contributed by atoms with Crippen molar-refractivity contribution in [1.29, 1.82) is 0 Å². The molecule has 0 spiro atoms. The van der Waals surface area contributed by atoms with E-state index in [0.29, 0.717) is 0 Å². The summed E-state index contributed by atoms with van der Waals surface area (Å²) in [5, 5.41) is 2.11. The Morgan fingerprint density at radius 3 is 1.05 bits per heavy atom. The molecular formula is C56H90N2Ni. The van der Waals surface area contributed by atoms with E-state index < -0.39 is 0 Å². The predicted octanol–water partition coefficient (Wildman–Crippen LogP) is 18.9. The number of nitrogens with zero attached hydrogens (tertiary/aromatic N) is 2. The molecule has 0 bridgehead atoms. The molecule has 2 aromatic rings. The SMILES string of the molecule is C=C[CH2][Ni][CH2]C=C.CCCCCCCCCCCCCCCCCCC1=C(c2cc(C)c(CCCC)c(C)c2)[N+](=[N-])C(c2cc(C)c(CCCC)c(C)c2)=C1CCCC. The maximum Gasteiger partial charge on any atom is 0.211 e. The van der Waals surface area contributed by atoms with Gasteiger partial charge >= 0.3 is 50.5 Å². The Labute approximate surface area is 372 Å². The van der Waals surface area contributed by atoms with Crippen molar-refractivity contribution in [2.75, 3.05) is 0 Å². The normalized spacial score (nSPS) is 12.8. The second-order valence-electron chi connectivity index (χ2n) is 17.5. The van der Waals surface area contributed by atoms with Crippen LogP contribution in [0.1, 0.15) is 226 Å². The van der Waals surface area contributed by atoms with Crippen LogP contribution in [0.25, 0.3) is 16.9 Å². The van der Waals surface area contributed by atoms with Crippen LogP contribution >= 0.6 is 0 Å². The third-order valence-corrected chi connectivity index (χ3v) is 13.4. The van der Waals surface area contributed by atoms with Gasteiger partial charge in [-0.2, -0.15) is 0 Å². The summed E-state index contributed by atoms with van der Waals surface area (Å²) in [6.45, 7) is 25.4. The van der Waals surface area contributed by atoms with Gasteiger partial charge in [-0.1, -0.05) is 143 Å². The van der Waals surface area contributed by atoms with Crippen LogP contribution in [-0.4, -0.2) is 4.70 Å². The Hall–Kier alpha value is -2.51. The van der Waals surface area contributed by atoms with Gasteiger partial charge in [0, 0.05) is 22.3 Å². The van der Waals surface area contributed by atoms with Crippen LogP contribution in [0.2, 0.25) is 10.8 Å². The molecular weight excluding hydrogens is 759 g/mol. The summed E-state index contributed by atoms with van der Waals surface area (Å²) >= 11 is 1.66. The van der Waals surface area contributed by atoms with Gasteiger partial charge in [-0.05, 0) is 137 Å². The van der Waals surface area contributed by atoms with Crippen molar-refractivity contribution in [2.45, 2.75) is 233 Å². The Morgan fingerprint density at radius 2 is 0.729 bits per heavy atom. The van der Waals surface area contributed by atoms with Gasteiger partial charge in [0.25, 0.3) is 0 Å². The van der Waals surface area contributed by atoms with Crippen LogP contribution in [0.3, 0.4) is 0 Å². The van der Waals surface area contributed by atoms with Crippen LogP contribution in [0.15, 0.2) is 60.7 Å². The summed E-state index contributed by atoms with van der Waals surface area (Å²) in [7, 11) is 0. The molecule has 3 rings (SSSR count). The summed E-state index contributed by atoms with van der Waals surface area (Å²) in [5.74, 6) is 0. The van der Waals surface area contributed by atoms with Gasteiger partial charge in [0.05, 0.1) is 0 Å². The molecule has 0 amide bonds. The monoisotopic (exact) mass is 849 g/mol. The van der Waals surface area contributed by atoms with Crippen molar-refractivity contribution in [2.24, 2.45) is 0 Å². The van der Waals surface area contributed by atoms with Gasteiger partial charge in [0.1, 0.15) is 0 Å². The average Bonchev–Trinajstić information content (AvgIpc) is 3.49. The topological polar surface area (TPSA) is 25.3 Å². The van der Waals surface area contributed by atoms with E-state index in [2.05, 4.69) is 92.8 Å². The fraction of sp³-hybridized carbons (Fsp3) is 0.643. The number of rotatable bonds is 32. The van der Waals surface area contributed by atoms with Crippen molar-refractivity contribution >= 4 is 11.4 Å². The van der Waals surface area contributed by atoms with Gasteiger partial charge in [0.2, 0.25) is 11.4 Å². The first-order valence-electron chi connectivity index (χ1n) is 24.5. The molecule has 0 N–H and O–H groups in total. The Kier molecular flexibility index (Phi) is 28.8. The summed E-state index contributed by atoms with van der Waals surface area (Å²) in [4.78, 5) is 0. The van der Waals surface area contributed by atoms with E-state index in [-0.39, 0.29) is 0 Å². The Morgan fingerprint density at radius 1 is 0.441 bits per heavy atom. The third kappa shape index (κ3) is 19.0. The fourth-order valence-corrected chi connectivity index (χ4v) is 9.49. The van der Waals surface area contributed by atoms with Gasteiger partial charge in [0.15, 0.2) is 0 Å². The number of aryl methyl sites for hydroxylation is 4. The zero-order chi connectivity index (χ0) is 43.3. The first-order chi connectivity index (χ1) is 28.7. The van der Waals surface area contributed by atoms with E-state index in [4.69, 9.17) is 0 Å². The molecule has 1 aliphatic heterocycles. The van der Waals surface area contributed by atoms with E-state index in [9.17, 15) is 5.53 Å². The van der Waals surface area contributed by atoms with Crippen molar-refractivity contribution in [3.05, 3.63) is 111 Å². The molecule has 0 radical (unpaired) electrons. The van der Waals surface area contributed by atoms with Crippen molar-refractivity contribution < 1.29 is 19.1 Å². The van der Waals surface area contributed by atoms with Crippen LogP contribution in [0.5, 0.6) is 0 Å². The summed E-state index contributed by atoms with van der Waals surface area (Å²) in [6.07, 6.45) is 37.5. The number of benzene rings is 2. The second-order valence-corrected chi connectivity index (χ2v) is 18.8. The molecule has 0 atom stereocenters. The third-order valence-electron chi connectivity index (χ3n) is 12.3. The molecule has 3 heteroatoms. The standard InChI is InChI=1S/C50H80N2.2C3H5.Ni/c1-9-13-17-18-19-20-21-22-23-24-25-26-27-28-29-30-34-48-47(33-16-12-4)49(43-35-39(5)45(31-14-10-2)40(6)36-43)52(51)50(48)44-37-41(7)46(32-15-11-3)42(8)38-44;2*1-3-2;/h35-38H,9-34H2,1-8H3;2*3H,1-2H2;. The molecule has 0 saturated carbocycles. The maximum absolute atomic E-state index is 12.3. The zero-order valence-corrected chi connectivity index (χ0v) is 40.9. The molecule has 0 fully saturated rings. The molecule has 2 aromatic carbocycles. The van der Waals surface area contributed by atoms with E-state index >= 15 is 0 Å². The van der Waals surface area contributed by atoms with Crippen LogP contribution in [0.4, 0.5) is 0 Å². The minimum Gasteiger partial charge on any atom is -0.493 e. The number of hydrogen-bond donors (Lipinski definition) is 0. The molecule has 334 valence electrons. The van der Waals surface area contributed by atoms with Crippen molar-refractivity contribution in [1.82, 2.24) is 0 Å². The summed E-state index contributed by atoms with van der Waals surface area (Å²) < 4.78 is 1.62. The van der Waals surface area contributed by atoms with Crippen molar-refractivity contribution in [3.8, 4) is 0 Å². The molecule has 2 nitrogen and oxygen atoms in total. The van der Waals surface area contributed by atoms with Crippen LogP contribution in [-0.2, 0) is 27.3 Å². The van der Waals surface area contributed by atoms with E-state index in [1.54, 1.807) is 19.1 Å². The van der Waals surface area contributed by atoms with E-state index in [1.807, 2.05) is 12.2 Å². The predicted molar refractivity (Wildman–Crippen MR) is 260 cm³/mol. The minimum absolute atomic E-state index is 1.02. The van der Waals surface area contributed by atoms with Crippen LogP contribution in [0, 0.1) is 27.7 Å². The maximum atomic E-state index is 12.3. The van der Waals surface area contributed by atoms with Gasteiger partial charge < -0.3 is 5.53 Å².